The maximum atomic E-state index is 5.47. The quantitative estimate of drug-likeness (QED) is 0.706. The number of aryl methyl sites for hydroxylation is 1. The van der Waals surface area contributed by atoms with Crippen molar-refractivity contribution in [2.75, 3.05) is 7.11 Å². The summed E-state index contributed by atoms with van der Waals surface area (Å²) in [6.45, 7) is 8.93. The van der Waals surface area contributed by atoms with Crippen molar-refractivity contribution in [3.8, 4) is 5.75 Å². The lowest BCUT2D eigenvalue weighted by atomic mass is 9.89. The summed E-state index contributed by atoms with van der Waals surface area (Å²) in [6.07, 6.45) is 1.06. The zero-order valence-electron chi connectivity index (χ0n) is 13.8. The van der Waals surface area contributed by atoms with Crippen molar-refractivity contribution in [1.29, 1.82) is 0 Å². The summed E-state index contributed by atoms with van der Waals surface area (Å²) in [5.74, 6) is 2.01. The average molecular weight is 282 g/mol. The Morgan fingerprint density at radius 1 is 0.952 bits per heavy atom. The van der Waals surface area contributed by atoms with Gasteiger partial charge in [0.15, 0.2) is 0 Å². The molecule has 0 saturated heterocycles. The molecule has 1 nitrogen and oxygen atoms in total. The Bertz CT molecular complexity index is 599. The summed E-state index contributed by atoms with van der Waals surface area (Å²) >= 11 is 0. The van der Waals surface area contributed by atoms with Crippen LogP contribution in [0.2, 0.25) is 0 Å². The van der Waals surface area contributed by atoms with Gasteiger partial charge in [-0.05, 0) is 53.5 Å². The summed E-state index contributed by atoms with van der Waals surface area (Å²) in [5.41, 5.74) is 5.50. The third-order valence-electron chi connectivity index (χ3n) is 4.18. The highest BCUT2D eigenvalue weighted by molar-refractivity contribution is 5.40. The molecular formula is C20H26O. The summed E-state index contributed by atoms with van der Waals surface area (Å²) in [7, 11) is 1.75. The van der Waals surface area contributed by atoms with E-state index in [2.05, 4.69) is 70.2 Å². The summed E-state index contributed by atoms with van der Waals surface area (Å²) in [4.78, 5) is 0. The molecule has 1 unspecified atom stereocenters. The van der Waals surface area contributed by atoms with Crippen LogP contribution < -0.4 is 4.74 Å². The summed E-state index contributed by atoms with van der Waals surface area (Å²) in [6, 6.07) is 15.3. The molecule has 0 fully saturated rings. The molecule has 0 radical (unpaired) electrons. The summed E-state index contributed by atoms with van der Waals surface area (Å²) in [5, 5.41) is 0. The second-order valence-electron chi connectivity index (χ2n) is 6.19. The van der Waals surface area contributed by atoms with E-state index >= 15 is 0 Å². The number of ether oxygens (including phenoxy) is 1. The van der Waals surface area contributed by atoms with Gasteiger partial charge in [-0.25, -0.2) is 0 Å². The molecule has 112 valence electrons. The highest BCUT2D eigenvalue weighted by Gasteiger charge is 2.12. The molecule has 21 heavy (non-hydrogen) atoms. The Morgan fingerprint density at radius 2 is 1.67 bits per heavy atom. The van der Waals surface area contributed by atoms with Gasteiger partial charge in [-0.3, -0.25) is 0 Å². The van der Waals surface area contributed by atoms with E-state index in [1.807, 2.05) is 0 Å². The number of hydrogen-bond donors (Lipinski definition) is 0. The fraction of sp³-hybridized carbons (Fsp3) is 0.400. The second kappa shape index (κ2) is 6.80. The Hall–Kier alpha value is -1.76. The van der Waals surface area contributed by atoms with Gasteiger partial charge < -0.3 is 4.74 Å². The molecular weight excluding hydrogens is 256 g/mol. The van der Waals surface area contributed by atoms with E-state index in [-0.39, 0.29) is 0 Å². The molecule has 0 aliphatic rings. The first-order valence-corrected chi connectivity index (χ1v) is 7.75. The molecule has 2 aromatic rings. The van der Waals surface area contributed by atoms with Gasteiger partial charge in [-0.15, -0.1) is 0 Å². The monoisotopic (exact) mass is 282 g/mol. The van der Waals surface area contributed by atoms with Crippen LogP contribution in [0.5, 0.6) is 5.75 Å². The summed E-state index contributed by atoms with van der Waals surface area (Å²) < 4.78 is 5.47. The standard InChI is InChI=1S/C20H26O/c1-14(2)19-13-17(10-11-20(19)21-5)12-16(4)18-9-7-6-8-15(18)3/h6-11,13-14,16H,12H2,1-5H3. The topological polar surface area (TPSA) is 9.23 Å². The predicted octanol–water partition coefficient (Wildman–Crippen LogP) is 5.47. The zero-order chi connectivity index (χ0) is 15.4. The van der Waals surface area contributed by atoms with E-state index in [4.69, 9.17) is 4.74 Å². The van der Waals surface area contributed by atoms with E-state index in [9.17, 15) is 0 Å². The minimum absolute atomic E-state index is 0.480. The van der Waals surface area contributed by atoms with Gasteiger partial charge in [-0.1, -0.05) is 57.2 Å². The molecule has 0 saturated carbocycles. The minimum Gasteiger partial charge on any atom is -0.496 e. The Balaban J connectivity index is 2.24. The van der Waals surface area contributed by atoms with Crippen molar-refractivity contribution in [3.63, 3.8) is 0 Å². The second-order valence-corrected chi connectivity index (χ2v) is 6.19. The maximum Gasteiger partial charge on any atom is 0.122 e. The van der Waals surface area contributed by atoms with Crippen molar-refractivity contribution < 1.29 is 4.74 Å². The van der Waals surface area contributed by atoms with Crippen molar-refractivity contribution >= 4 is 0 Å². The van der Waals surface area contributed by atoms with Crippen molar-refractivity contribution in [1.82, 2.24) is 0 Å². The molecule has 0 amide bonds. The van der Waals surface area contributed by atoms with Crippen LogP contribution in [0, 0.1) is 6.92 Å². The lowest BCUT2D eigenvalue weighted by Crippen LogP contribution is -2.02. The van der Waals surface area contributed by atoms with E-state index < -0.39 is 0 Å². The fourth-order valence-corrected chi connectivity index (χ4v) is 2.97. The highest BCUT2D eigenvalue weighted by Crippen LogP contribution is 2.30. The molecule has 1 heteroatoms. The van der Waals surface area contributed by atoms with E-state index in [0.29, 0.717) is 11.8 Å². The van der Waals surface area contributed by atoms with Crippen LogP contribution >= 0.6 is 0 Å². The van der Waals surface area contributed by atoms with Crippen molar-refractivity contribution in [2.24, 2.45) is 0 Å². The van der Waals surface area contributed by atoms with Crippen LogP contribution in [-0.4, -0.2) is 7.11 Å². The van der Waals surface area contributed by atoms with Gasteiger partial charge >= 0.3 is 0 Å². The number of methoxy groups -OCH3 is 1. The molecule has 0 aliphatic heterocycles. The first-order chi connectivity index (χ1) is 10.0. The third-order valence-corrected chi connectivity index (χ3v) is 4.18. The number of benzene rings is 2. The van der Waals surface area contributed by atoms with Crippen LogP contribution in [-0.2, 0) is 6.42 Å². The van der Waals surface area contributed by atoms with Gasteiger partial charge in [-0.2, -0.15) is 0 Å². The first kappa shape index (κ1) is 15.6. The molecule has 0 spiro atoms. The first-order valence-electron chi connectivity index (χ1n) is 7.75. The molecule has 0 heterocycles. The van der Waals surface area contributed by atoms with Crippen molar-refractivity contribution in [3.05, 3.63) is 64.7 Å². The molecule has 2 rings (SSSR count). The highest BCUT2D eigenvalue weighted by atomic mass is 16.5. The van der Waals surface area contributed by atoms with E-state index in [0.717, 1.165) is 12.2 Å². The smallest absolute Gasteiger partial charge is 0.122 e. The SMILES string of the molecule is COc1ccc(CC(C)c2ccccc2C)cc1C(C)C. The average Bonchev–Trinajstić information content (AvgIpc) is 2.47. The predicted molar refractivity (Wildman–Crippen MR) is 90.4 cm³/mol. The lowest BCUT2D eigenvalue weighted by molar-refractivity contribution is 0.407. The van der Waals surface area contributed by atoms with Gasteiger partial charge in [0.25, 0.3) is 0 Å². The zero-order valence-corrected chi connectivity index (χ0v) is 13.8. The van der Waals surface area contributed by atoms with Crippen LogP contribution in [0.25, 0.3) is 0 Å². The van der Waals surface area contributed by atoms with E-state index in [1.165, 1.54) is 22.3 Å². The Labute approximate surface area is 129 Å². The Morgan fingerprint density at radius 3 is 2.29 bits per heavy atom. The fourth-order valence-electron chi connectivity index (χ4n) is 2.97. The Kier molecular flexibility index (Phi) is 5.06. The van der Waals surface area contributed by atoms with Gasteiger partial charge in [0.2, 0.25) is 0 Å². The van der Waals surface area contributed by atoms with Crippen LogP contribution in [0.1, 0.15) is 54.9 Å². The normalized spacial score (nSPS) is 12.5. The van der Waals surface area contributed by atoms with Crippen LogP contribution in [0.15, 0.2) is 42.5 Å². The molecule has 0 bridgehead atoms. The van der Waals surface area contributed by atoms with Gasteiger partial charge in [0, 0.05) is 0 Å². The molecule has 2 aromatic carbocycles. The van der Waals surface area contributed by atoms with Gasteiger partial charge in [0.05, 0.1) is 7.11 Å². The molecule has 0 aromatic heterocycles. The number of hydrogen-bond acceptors (Lipinski definition) is 1. The minimum atomic E-state index is 0.480. The molecule has 1 atom stereocenters. The van der Waals surface area contributed by atoms with Crippen molar-refractivity contribution in [2.45, 2.75) is 46.0 Å². The molecule has 0 aliphatic carbocycles. The maximum absolute atomic E-state index is 5.47. The van der Waals surface area contributed by atoms with Crippen LogP contribution in [0.3, 0.4) is 0 Å². The largest absolute Gasteiger partial charge is 0.496 e. The molecule has 0 N–H and O–H groups in total. The van der Waals surface area contributed by atoms with Crippen LogP contribution in [0.4, 0.5) is 0 Å². The lowest BCUT2D eigenvalue weighted by Gasteiger charge is -2.17. The third kappa shape index (κ3) is 3.66. The van der Waals surface area contributed by atoms with E-state index in [1.54, 1.807) is 7.11 Å². The number of rotatable bonds is 5. The van der Waals surface area contributed by atoms with Gasteiger partial charge in [0.1, 0.15) is 5.75 Å².